The van der Waals surface area contributed by atoms with Gasteiger partial charge in [0.15, 0.2) is 16.7 Å². The molecule has 0 aliphatic carbocycles. The van der Waals surface area contributed by atoms with Gasteiger partial charge in [-0.3, -0.25) is 14.6 Å². The Morgan fingerprint density at radius 1 is 0.567 bits per heavy atom. The highest BCUT2D eigenvalue weighted by Crippen LogP contribution is 2.52. The van der Waals surface area contributed by atoms with E-state index in [1.807, 2.05) is 114 Å². The van der Waals surface area contributed by atoms with Crippen molar-refractivity contribution in [3.63, 3.8) is 0 Å². The van der Waals surface area contributed by atoms with Crippen LogP contribution in [0.4, 0.5) is 22.0 Å². The highest BCUT2D eigenvalue weighted by molar-refractivity contribution is 8.14. The minimum atomic E-state index is -0.931. The molecule has 686 valence electrons. The summed E-state index contributed by atoms with van der Waals surface area (Å²) in [5.41, 5.74) is 13.9. The van der Waals surface area contributed by atoms with Gasteiger partial charge in [0.2, 0.25) is 0 Å². The molecule has 0 amide bonds. The number of rotatable bonds is 20. The third kappa shape index (κ3) is 24.5. The van der Waals surface area contributed by atoms with Crippen LogP contribution in [0.1, 0.15) is 131 Å². The lowest BCUT2D eigenvalue weighted by atomic mass is 9.67. The number of carbonyl (C=O) groups excluding carboxylic acids is 2. The van der Waals surface area contributed by atoms with E-state index in [0.29, 0.717) is 108 Å². The number of ether oxygens (including phenoxy) is 8. The molecule has 7 saturated heterocycles. The maximum atomic E-state index is 14.7. The van der Waals surface area contributed by atoms with E-state index in [1.54, 1.807) is 104 Å². The number of hydrogen-bond acceptors (Lipinski definition) is 24. The van der Waals surface area contributed by atoms with Crippen LogP contribution in [0.25, 0.3) is 0 Å². The second-order valence-electron chi connectivity index (χ2n) is 32.9. The number of amidine groups is 1. The summed E-state index contributed by atoms with van der Waals surface area (Å²) in [6.45, 7) is 26.7. The molecule has 8 N–H and O–H groups in total. The zero-order valence-corrected chi connectivity index (χ0v) is 74.9. The Morgan fingerprint density at radius 3 is 1.54 bits per heavy atom. The summed E-state index contributed by atoms with van der Waals surface area (Å²) in [5, 5.41) is 43.4. The van der Waals surface area contributed by atoms with Crippen LogP contribution in [0.5, 0.6) is 0 Å². The first-order valence-electron chi connectivity index (χ1n) is 42.3. The standard InChI is InChI=1S/C22H23FO3S.C21H20FNO2S.C13H15FN2OS.C13H15FO2.C12H16FNO2.C6H9NO2.C6H11NO2.C4H8O.CH4/c1-15-19(13-24)22(14-26-15,18-9-5-6-10-20(18)23)12-17(27)11-21(25)16-7-3-2-4-8-16;1-14-17-12-26-20(11-19(24)15-7-3-2-4-8-15)23-21(17,13-25-14)16-9-5-6-10-18(16)22;1-8-10-6-18-12(15)16-13(10,7-17-8)9-4-2-3-5-11(9)14;1-9-11-6-15-7-13(11,8-16-9)10-4-2-3-5-12(10)14;1-8-10(6-15)12(14,7-16-8)9-4-2-3-5-11(9)13;1-4-5-2-9-7-6(5)3-8-4;1-3-6(2)9-5-4-7-8;1-3-4(2)5;/h2-10,15,19,24H,11-14H2,1H3;2-10,14,17H,11-13H2,1H3;2-5,8,10H,6-7H2,1H3,(H2,15,16);2-5,9,11H,6-8H2,1H3;2-5,8,10,15H,6-7,14H2,1H3;4-5H,2-3H2,1H3;3-4,6,8H,1,5H2,2H3;3-5H,1H2,2H3;1H4/b;;;;;;7-4+;;/t15-,19-,22+;14-,17-,21-;8-,10-,13-;9-,11-,13+;8-,10-,12-;4-,5-;;;/m111111.../s1. The quantitative estimate of drug-likeness (QED) is 0.00786. The smallest absolute Gasteiger partial charge is 0.169 e. The minimum absolute atomic E-state index is 0. The second kappa shape index (κ2) is 47.8. The minimum Gasteiger partial charge on any atom is -0.411 e. The Labute approximate surface area is 756 Å². The van der Waals surface area contributed by atoms with Gasteiger partial charge in [0, 0.05) is 92.2 Å². The van der Waals surface area contributed by atoms with Gasteiger partial charge in [-0.15, -0.1) is 24.9 Å². The first-order valence-corrected chi connectivity index (χ1v) is 44.7. The molecule has 0 bridgehead atoms. The van der Waals surface area contributed by atoms with E-state index in [1.165, 1.54) is 54.4 Å². The molecule has 7 aromatic rings. The maximum absolute atomic E-state index is 14.7. The summed E-state index contributed by atoms with van der Waals surface area (Å²) in [4.78, 5) is 40.0. The van der Waals surface area contributed by atoms with Crippen molar-refractivity contribution in [2.45, 2.75) is 158 Å². The molecule has 17 rings (SSSR count). The Kier molecular flexibility index (Phi) is 38.5. The number of benzene rings is 7. The molecule has 19 atom stereocenters. The number of thiocarbonyl (C=S) groups is 1. The van der Waals surface area contributed by atoms with Gasteiger partial charge in [-0.1, -0.05) is 206 Å². The highest BCUT2D eigenvalue weighted by atomic mass is 32.2. The van der Waals surface area contributed by atoms with Crippen LogP contribution in [0.2, 0.25) is 0 Å². The van der Waals surface area contributed by atoms with Crippen LogP contribution in [0.3, 0.4) is 0 Å². The number of thioether (sulfide) groups is 2. The maximum Gasteiger partial charge on any atom is 0.169 e. The van der Waals surface area contributed by atoms with Gasteiger partial charge in [0.25, 0.3) is 0 Å². The number of Topliss-reactive ketones (excluding diaryl/α,β-unsaturated/α-hetero) is 2. The van der Waals surface area contributed by atoms with Crippen LogP contribution in [0, 0.1) is 64.6 Å². The SMILES string of the molecule is C.C=CC(C)O.C=CC(C)OC/C=N/O.C[C@H]1OCC2=NOC[C@@H]21.C[C@H]1OC[C@@](CC(=S)CC(=O)c2ccccc2)(c2ccccc2F)[C@@H]1CO.C[C@H]1OC[C@@](N)(c2ccccc2F)[C@@H]1CO.C[C@H]1OC[C@]2(c3ccccc3F)COC[C@H]12.C[C@H]1OC[C@]2(c3ccccc3F)N=C(CC(=O)c3ccccc3)SC[C@H]12.C[C@H]1OC[C@]2(c3ccccc3F)N=C(N)SC[C@H]12. The predicted molar refractivity (Wildman–Crippen MR) is 493 cm³/mol. The number of aliphatic hydroxyl groups excluding tert-OH is 3. The number of nitrogens with zero attached hydrogens (tertiary/aromatic N) is 4. The van der Waals surface area contributed by atoms with E-state index >= 15 is 0 Å². The summed E-state index contributed by atoms with van der Waals surface area (Å²) in [7, 11) is 0. The fraction of sp³-hybridized carbons (Fsp3) is 0.459. The Morgan fingerprint density at radius 2 is 1.02 bits per heavy atom. The monoisotopic (exact) mass is 1810 g/mol. The zero-order valence-electron chi connectivity index (χ0n) is 72.4. The summed E-state index contributed by atoms with van der Waals surface area (Å²) in [6, 6.07) is 51.7. The largest absolute Gasteiger partial charge is 0.411 e. The number of oxime groups is 2. The Balaban J connectivity index is 0.000000170. The van der Waals surface area contributed by atoms with E-state index in [9.17, 15) is 41.8 Å². The lowest BCUT2D eigenvalue weighted by Crippen LogP contribution is -2.47. The predicted octanol–water partition coefficient (Wildman–Crippen LogP) is 16.5. The van der Waals surface area contributed by atoms with E-state index in [2.05, 4.69) is 35.4 Å². The number of ketones is 2. The average molecular weight is 1810 g/mol. The summed E-state index contributed by atoms with van der Waals surface area (Å²) >= 11 is 8.66. The molecule has 29 heteroatoms. The van der Waals surface area contributed by atoms with E-state index in [-0.39, 0.29) is 165 Å². The van der Waals surface area contributed by atoms with E-state index in [0.717, 1.165) is 34.4 Å². The van der Waals surface area contributed by atoms with E-state index in [4.69, 9.17) is 81.7 Å². The van der Waals surface area contributed by atoms with Crippen LogP contribution in [0.15, 0.2) is 228 Å². The zero-order chi connectivity index (χ0) is 90.9. The van der Waals surface area contributed by atoms with Crippen LogP contribution in [-0.2, 0) is 70.2 Å². The average Bonchev–Trinajstić information content (AvgIpc) is 1.66. The first kappa shape index (κ1) is 102. The number of fused-ring (bicyclic) bond motifs is 4. The van der Waals surface area contributed by atoms with E-state index < -0.39 is 22.0 Å². The second-order valence-corrected chi connectivity index (χ2v) is 35.6. The van der Waals surface area contributed by atoms with Gasteiger partial charge in [-0.25, -0.2) is 26.9 Å². The molecule has 2 unspecified atom stereocenters. The molecule has 21 nitrogen and oxygen atoms in total. The van der Waals surface area contributed by atoms with Gasteiger partial charge in [0.05, 0.1) is 155 Å². The summed E-state index contributed by atoms with van der Waals surface area (Å²) in [5.74, 6) is 0.680. The topological polar surface area (TPSA) is 300 Å². The molecule has 0 aromatic heterocycles. The third-order valence-corrected chi connectivity index (χ3v) is 27.3. The van der Waals surface area contributed by atoms with Gasteiger partial charge in [-0.05, 0) is 103 Å². The third-order valence-electron chi connectivity index (χ3n) is 25.0. The van der Waals surface area contributed by atoms with Gasteiger partial charge < -0.3 is 74.7 Å². The molecule has 7 aromatic carbocycles. The van der Waals surface area contributed by atoms with Crippen molar-refractivity contribution in [1.82, 2.24) is 0 Å². The Bertz CT molecular complexity index is 4890. The molecule has 10 aliphatic rings. The van der Waals surface area contributed by atoms with Gasteiger partial charge in [0.1, 0.15) is 46.8 Å². The number of nitrogens with two attached hydrogens (primary N) is 2. The van der Waals surface area contributed by atoms with Crippen molar-refractivity contribution >= 4 is 74.3 Å². The van der Waals surface area contributed by atoms with Crippen molar-refractivity contribution in [1.29, 1.82) is 0 Å². The number of carbonyl (C=O) groups is 2. The molecule has 0 spiro atoms. The summed E-state index contributed by atoms with van der Waals surface area (Å²) in [6.07, 6.45) is 4.94. The summed E-state index contributed by atoms with van der Waals surface area (Å²) < 4.78 is 115. The molecular weight excluding hydrogens is 1690 g/mol. The van der Waals surface area contributed by atoms with Crippen molar-refractivity contribution in [2.24, 2.45) is 67.3 Å². The van der Waals surface area contributed by atoms with Crippen LogP contribution >= 0.6 is 35.7 Å². The normalized spacial score (nSPS) is 29.3. The van der Waals surface area contributed by atoms with Crippen LogP contribution < -0.4 is 11.5 Å². The lowest BCUT2D eigenvalue weighted by molar-refractivity contribution is 0.0576. The molecule has 0 saturated carbocycles. The molecule has 0 radical (unpaired) electrons. The highest BCUT2D eigenvalue weighted by Gasteiger charge is 2.57. The number of halogens is 5. The molecule has 127 heavy (non-hydrogen) atoms. The number of aliphatic imine (C=N–C) groups is 2. The lowest BCUT2D eigenvalue weighted by Gasteiger charge is -2.36. The number of aliphatic hydroxyl groups is 3. The van der Waals surface area contributed by atoms with Gasteiger partial charge in [-0.2, -0.15) is 0 Å². The Hall–Kier alpha value is -8.60. The molecule has 7 fully saturated rings. The first-order chi connectivity index (χ1) is 60.5. The van der Waals surface area contributed by atoms with Crippen molar-refractivity contribution in [3.8, 4) is 0 Å². The molecule has 10 heterocycles. The fourth-order valence-corrected chi connectivity index (χ4v) is 20.4. The van der Waals surface area contributed by atoms with Gasteiger partial charge >= 0.3 is 0 Å². The molecular formula is C98H121F5N6O15S3. The fourth-order valence-electron chi connectivity index (χ4n) is 17.5. The number of hydrogen-bond donors (Lipinski definition) is 6. The molecule has 10 aliphatic heterocycles. The van der Waals surface area contributed by atoms with Crippen molar-refractivity contribution in [2.75, 3.05) is 90.8 Å². The van der Waals surface area contributed by atoms with Crippen LogP contribution in [-0.4, -0.2) is 199 Å². The van der Waals surface area contributed by atoms with Crippen molar-refractivity contribution < 1.29 is 94.8 Å². The van der Waals surface area contributed by atoms with Crippen molar-refractivity contribution in [3.05, 3.63) is 275 Å².